The summed E-state index contributed by atoms with van der Waals surface area (Å²) in [5.41, 5.74) is 2.49. The number of alkyl carbamates (subject to hydrolysis) is 1. The van der Waals surface area contributed by atoms with E-state index in [0.29, 0.717) is 6.54 Å². The number of hydrogen-bond acceptors (Lipinski definition) is 4. The number of amides is 1. The normalized spacial score (nSPS) is 21.8. The molecule has 3 rings (SSSR count). The molecule has 1 fully saturated rings. The van der Waals surface area contributed by atoms with E-state index in [-0.39, 0.29) is 17.0 Å². The van der Waals surface area contributed by atoms with Gasteiger partial charge in [0.1, 0.15) is 5.60 Å². The molecule has 6 nitrogen and oxygen atoms in total. The first kappa shape index (κ1) is 22.1. The van der Waals surface area contributed by atoms with Crippen LogP contribution in [-0.4, -0.2) is 28.0 Å². The summed E-state index contributed by atoms with van der Waals surface area (Å²) in [4.78, 5) is 24.6. The summed E-state index contributed by atoms with van der Waals surface area (Å²) in [5.74, 6) is 0. The Morgan fingerprint density at radius 1 is 1.20 bits per heavy atom. The number of nitrogens with zero attached hydrogens (tertiary/aromatic N) is 2. The summed E-state index contributed by atoms with van der Waals surface area (Å²) >= 11 is 0. The number of aryl methyl sites for hydroxylation is 2. The molecule has 2 aromatic rings. The molecule has 0 saturated heterocycles. The van der Waals surface area contributed by atoms with Crippen molar-refractivity contribution in [3.05, 3.63) is 63.6 Å². The predicted molar refractivity (Wildman–Crippen MR) is 118 cm³/mol. The van der Waals surface area contributed by atoms with Gasteiger partial charge in [0, 0.05) is 18.0 Å². The maximum atomic E-state index is 12.3. The van der Waals surface area contributed by atoms with Crippen molar-refractivity contribution < 1.29 is 9.53 Å². The molecule has 1 saturated carbocycles. The van der Waals surface area contributed by atoms with Gasteiger partial charge in [-0.15, -0.1) is 0 Å². The van der Waals surface area contributed by atoms with E-state index in [2.05, 4.69) is 41.6 Å². The average molecular weight is 412 g/mol. The Kier molecular flexibility index (Phi) is 6.34. The minimum absolute atomic E-state index is 0.0551. The summed E-state index contributed by atoms with van der Waals surface area (Å²) in [5, 5.41) is 7.46. The topological polar surface area (TPSA) is 73.2 Å². The molecule has 1 heterocycles. The summed E-state index contributed by atoms with van der Waals surface area (Å²) in [6.45, 7) is 10.1. The zero-order chi connectivity index (χ0) is 21.9. The molecule has 1 aromatic carbocycles. The molecule has 1 aliphatic rings. The Labute approximate surface area is 178 Å². The fraction of sp³-hybridized carbons (Fsp3) is 0.542. The summed E-state index contributed by atoms with van der Waals surface area (Å²) in [7, 11) is 0. The van der Waals surface area contributed by atoms with E-state index >= 15 is 0 Å². The second kappa shape index (κ2) is 8.62. The van der Waals surface area contributed by atoms with Gasteiger partial charge in [0.15, 0.2) is 0 Å². The monoisotopic (exact) mass is 411 g/mol. The van der Waals surface area contributed by atoms with Crippen molar-refractivity contribution >= 4 is 6.09 Å². The zero-order valence-corrected chi connectivity index (χ0v) is 18.7. The van der Waals surface area contributed by atoms with Crippen molar-refractivity contribution in [2.75, 3.05) is 6.54 Å². The van der Waals surface area contributed by atoms with Crippen LogP contribution in [0.1, 0.15) is 69.3 Å². The van der Waals surface area contributed by atoms with Crippen molar-refractivity contribution in [2.24, 2.45) is 0 Å². The highest BCUT2D eigenvalue weighted by Crippen LogP contribution is 2.42. The van der Waals surface area contributed by atoms with Crippen LogP contribution in [0.5, 0.6) is 0 Å². The van der Waals surface area contributed by atoms with Crippen molar-refractivity contribution in [3.63, 3.8) is 0 Å². The quantitative estimate of drug-likeness (QED) is 0.807. The largest absolute Gasteiger partial charge is 0.444 e. The van der Waals surface area contributed by atoms with E-state index in [9.17, 15) is 9.59 Å². The second-order valence-electron chi connectivity index (χ2n) is 9.49. The number of carbonyl (C=O) groups is 1. The lowest BCUT2D eigenvalue weighted by Crippen LogP contribution is -2.45. The first-order valence-electron chi connectivity index (χ1n) is 10.7. The van der Waals surface area contributed by atoms with Gasteiger partial charge in [-0.05, 0) is 71.9 Å². The van der Waals surface area contributed by atoms with Gasteiger partial charge in [0.2, 0.25) is 0 Å². The van der Waals surface area contributed by atoms with Gasteiger partial charge in [0.05, 0.1) is 11.7 Å². The minimum atomic E-state index is -0.532. The smallest absolute Gasteiger partial charge is 0.407 e. The van der Waals surface area contributed by atoms with E-state index in [1.807, 2.05) is 27.7 Å². The van der Waals surface area contributed by atoms with Gasteiger partial charge in [-0.1, -0.05) is 29.8 Å². The molecule has 162 valence electrons. The third-order valence-electron chi connectivity index (χ3n) is 5.82. The molecule has 0 spiro atoms. The molecule has 0 unspecified atom stereocenters. The summed E-state index contributed by atoms with van der Waals surface area (Å²) in [6, 6.07) is 11.9. The highest BCUT2D eigenvalue weighted by Gasteiger charge is 2.38. The Balaban J connectivity index is 1.81. The van der Waals surface area contributed by atoms with Crippen LogP contribution < -0.4 is 10.9 Å². The molecule has 30 heavy (non-hydrogen) atoms. The Morgan fingerprint density at radius 3 is 2.53 bits per heavy atom. The van der Waals surface area contributed by atoms with E-state index in [4.69, 9.17) is 4.74 Å². The number of ether oxygens (including phenoxy) is 1. The van der Waals surface area contributed by atoms with Crippen LogP contribution in [0.3, 0.4) is 0 Å². The third-order valence-corrected chi connectivity index (χ3v) is 5.82. The Hall–Kier alpha value is -2.63. The van der Waals surface area contributed by atoms with Gasteiger partial charge < -0.3 is 10.1 Å². The molecule has 0 aliphatic heterocycles. The van der Waals surface area contributed by atoms with Gasteiger partial charge in [0.25, 0.3) is 5.56 Å². The lowest BCUT2D eigenvalue weighted by Gasteiger charge is -2.41. The number of benzene rings is 1. The Morgan fingerprint density at radius 2 is 1.90 bits per heavy atom. The molecule has 0 atom stereocenters. The van der Waals surface area contributed by atoms with Crippen LogP contribution in [0.15, 0.2) is 41.2 Å². The molecule has 0 bridgehead atoms. The van der Waals surface area contributed by atoms with Gasteiger partial charge in [-0.25, -0.2) is 9.48 Å². The third kappa shape index (κ3) is 5.29. The highest BCUT2D eigenvalue weighted by molar-refractivity contribution is 5.67. The number of nitrogens with one attached hydrogen (secondary N) is 1. The van der Waals surface area contributed by atoms with Gasteiger partial charge in [-0.3, -0.25) is 4.79 Å². The summed E-state index contributed by atoms with van der Waals surface area (Å²) < 4.78 is 7.08. The molecule has 1 N–H and O–H groups in total. The van der Waals surface area contributed by atoms with E-state index in [0.717, 1.165) is 31.4 Å². The minimum Gasteiger partial charge on any atom is -0.444 e. The lowest BCUT2D eigenvalue weighted by molar-refractivity contribution is 0.0504. The molecule has 6 heteroatoms. The van der Waals surface area contributed by atoms with Gasteiger partial charge >= 0.3 is 6.09 Å². The van der Waals surface area contributed by atoms with Crippen LogP contribution in [0.4, 0.5) is 4.79 Å². The molecule has 0 radical (unpaired) electrons. The summed E-state index contributed by atoms with van der Waals surface area (Å²) in [6.07, 6.45) is 2.99. The standard InChI is InChI=1S/C24H33N3O3/c1-17-7-6-8-19(15-17)24(16-25-22(29)30-23(3,4)5)13-11-20(12-14-24)27-21(28)10-9-18(2)26-27/h6-10,15,20H,11-14,16H2,1-5H3,(H,25,29). The number of aromatic nitrogens is 2. The second-order valence-corrected chi connectivity index (χ2v) is 9.49. The Bertz CT molecular complexity index is 951. The maximum absolute atomic E-state index is 12.3. The predicted octanol–water partition coefficient (Wildman–Crippen LogP) is 4.44. The van der Waals surface area contributed by atoms with Crippen molar-refractivity contribution in [1.29, 1.82) is 0 Å². The van der Waals surface area contributed by atoms with Crippen LogP contribution in [0, 0.1) is 13.8 Å². The number of carbonyl (C=O) groups excluding carboxylic acids is 1. The van der Waals surface area contributed by atoms with E-state index in [1.54, 1.807) is 16.8 Å². The molecular formula is C24H33N3O3. The van der Waals surface area contributed by atoms with Gasteiger partial charge in [-0.2, -0.15) is 5.10 Å². The number of rotatable bonds is 4. The fourth-order valence-corrected chi connectivity index (χ4v) is 4.28. The van der Waals surface area contributed by atoms with Crippen LogP contribution in [-0.2, 0) is 10.2 Å². The van der Waals surface area contributed by atoms with Crippen LogP contribution in [0.2, 0.25) is 0 Å². The first-order valence-corrected chi connectivity index (χ1v) is 10.7. The molecule has 1 amide bonds. The van der Waals surface area contributed by atoms with E-state index in [1.165, 1.54) is 11.1 Å². The van der Waals surface area contributed by atoms with Crippen molar-refractivity contribution in [3.8, 4) is 0 Å². The van der Waals surface area contributed by atoms with Crippen molar-refractivity contribution in [1.82, 2.24) is 15.1 Å². The lowest BCUT2D eigenvalue weighted by atomic mass is 9.68. The van der Waals surface area contributed by atoms with E-state index < -0.39 is 11.7 Å². The van der Waals surface area contributed by atoms with Crippen molar-refractivity contribution in [2.45, 2.75) is 77.4 Å². The SMILES string of the molecule is Cc1cccc(C2(CNC(=O)OC(C)(C)C)CCC(n3nc(C)ccc3=O)CC2)c1. The van der Waals surface area contributed by atoms with Crippen LogP contribution in [0.25, 0.3) is 0 Å². The maximum Gasteiger partial charge on any atom is 0.407 e. The fourth-order valence-electron chi connectivity index (χ4n) is 4.28. The molecular weight excluding hydrogens is 378 g/mol. The molecule has 1 aliphatic carbocycles. The number of hydrogen-bond donors (Lipinski definition) is 1. The molecule has 1 aromatic heterocycles. The zero-order valence-electron chi connectivity index (χ0n) is 18.7. The van der Waals surface area contributed by atoms with Crippen LogP contribution >= 0.6 is 0 Å². The average Bonchev–Trinajstić information content (AvgIpc) is 2.67. The highest BCUT2D eigenvalue weighted by atomic mass is 16.6. The first-order chi connectivity index (χ1) is 14.1.